The molecule has 1 rings (SSSR count). The topological polar surface area (TPSA) is 154 Å². The average molecular weight is 483 g/mol. The van der Waals surface area contributed by atoms with Crippen LogP contribution in [-0.2, 0) is 20.9 Å². The molecule has 1 aromatic carbocycles. The molecule has 0 radical (unpaired) electrons. The Hall–Kier alpha value is -2.73. The molecule has 0 amide bonds. The lowest BCUT2D eigenvalue weighted by Crippen LogP contribution is -2.43. The third-order valence-corrected chi connectivity index (χ3v) is 5.24. The predicted octanol–water partition coefficient (Wildman–Crippen LogP) is 0.360. The summed E-state index contributed by atoms with van der Waals surface area (Å²) in [5.41, 5.74) is 1.67. The zero-order valence-electron chi connectivity index (χ0n) is 20.1. The number of nitrogens with zero attached hydrogens (tertiary/aromatic N) is 3. The second-order valence-corrected chi connectivity index (χ2v) is 8.32. The van der Waals surface area contributed by atoms with Gasteiger partial charge in [0, 0.05) is 51.4 Å². The molecule has 0 aliphatic rings. The van der Waals surface area contributed by atoms with E-state index >= 15 is 0 Å². The van der Waals surface area contributed by atoms with Gasteiger partial charge < -0.3 is 25.7 Å². The summed E-state index contributed by atoms with van der Waals surface area (Å²) < 4.78 is 0. The molecular weight excluding hydrogens is 444 g/mol. The first-order valence-electron chi connectivity index (χ1n) is 11.4. The largest absolute Gasteiger partial charge is 0.508 e. The highest BCUT2D eigenvalue weighted by molar-refractivity contribution is 5.69. The van der Waals surface area contributed by atoms with Crippen LogP contribution in [0.5, 0.6) is 5.75 Å². The Balaban J connectivity index is 2.85. The van der Waals surface area contributed by atoms with Gasteiger partial charge in [-0.3, -0.25) is 29.1 Å². The van der Waals surface area contributed by atoms with Crippen molar-refractivity contribution in [3.63, 3.8) is 0 Å². The molecule has 11 heteroatoms. The van der Waals surface area contributed by atoms with E-state index in [1.165, 1.54) is 0 Å². The maximum atomic E-state index is 11.3. The Morgan fingerprint density at radius 3 is 1.88 bits per heavy atom. The Labute approximate surface area is 200 Å². The van der Waals surface area contributed by atoms with E-state index in [9.17, 15) is 29.7 Å². The Kier molecular flexibility index (Phi) is 13.8. The van der Waals surface area contributed by atoms with E-state index in [1.807, 2.05) is 30.9 Å². The minimum atomic E-state index is -0.980. The molecule has 34 heavy (non-hydrogen) atoms. The number of phenols is 1. The molecule has 192 valence electrons. The van der Waals surface area contributed by atoms with Gasteiger partial charge in [-0.05, 0) is 31.5 Å². The van der Waals surface area contributed by atoms with Crippen LogP contribution >= 0.6 is 0 Å². The molecule has 11 nitrogen and oxygen atoms in total. The lowest BCUT2D eigenvalue weighted by atomic mass is 10.1. The second-order valence-electron chi connectivity index (χ2n) is 8.32. The number of aliphatic carboxylic acids is 3. The molecule has 0 unspecified atom stereocenters. The first kappa shape index (κ1) is 29.3. The van der Waals surface area contributed by atoms with Crippen molar-refractivity contribution in [2.24, 2.45) is 0 Å². The first-order chi connectivity index (χ1) is 16.1. The number of benzene rings is 1. The van der Waals surface area contributed by atoms with E-state index in [0.29, 0.717) is 52.4 Å². The van der Waals surface area contributed by atoms with E-state index in [4.69, 9.17) is 5.11 Å². The van der Waals surface area contributed by atoms with Crippen LogP contribution in [0.1, 0.15) is 24.5 Å². The molecule has 5 N–H and O–H groups in total. The van der Waals surface area contributed by atoms with Crippen molar-refractivity contribution in [1.82, 2.24) is 20.0 Å². The van der Waals surface area contributed by atoms with E-state index in [1.54, 1.807) is 11.0 Å². The van der Waals surface area contributed by atoms with Crippen molar-refractivity contribution in [3.05, 3.63) is 29.3 Å². The molecule has 1 aromatic rings. The number of aryl methyl sites for hydroxylation is 1. The molecule has 0 aliphatic carbocycles. The van der Waals surface area contributed by atoms with Crippen LogP contribution in [0, 0.1) is 6.92 Å². The van der Waals surface area contributed by atoms with Gasteiger partial charge in [0.1, 0.15) is 5.75 Å². The van der Waals surface area contributed by atoms with Crippen molar-refractivity contribution in [2.45, 2.75) is 26.8 Å². The number of carbonyl (C=O) groups is 3. The monoisotopic (exact) mass is 482 g/mol. The number of carboxylic acid groups (broad SMARTS) is 3. The van der Waals surface area contributed by atoms with Gasteiger partial charge in [0.2, 0.25) is 0 Å². The number of rotatable bonds is 19. The standard InChI is InChI=1S/C23H38N4O7/c1-3-7-25(16-22(31)32)9-11-27(15-19-5-4-18(2)13-20(19)28)12-10-26(17-23(33)34)8-6-24-14-21(29)30/h4-5,13,24,28H,3,6-12,14-17H2,1-2H3,(H,29,30)(H,31,32)(H,33,34). The van der Waals surface area contributed by atoms with Crippen molar-refractivity contribution in [1.29, 1.82) is 0 Å². The van der Waals surface area contributed by atoms with E-state index in [-0.39, 0.29) is 25.4 Å². The third-order valence-electron chi connectivity index (χ3n) is 5.24. The summed E-state index contributed by atoms with van der Waals surface area (Å²) in [7, 11) is 0. The molecule has 0 heterocycles. The minimum Gasteiger partial charge on any atom is -0.508 e. The molecule has 0 saturated carbocycles. The van der Waals surface area contributed by atoms with Gasteiger partial charge in [0.25, 0.3) is 0 Å². The fourth-order valence-corrected chi connectivity index (χ4v) is 3.56. The number of carboxylic acids is 3. The molecule has 0 bridgehead atoms. The summed E-state index contributed by atoms with van der Waals surface area (Å²) in [4.78, 5) is 38.8. The van der Waals surface area contributed by atoms with Gasteiger partial charge in [0.05, 0.1) is 19.6 Å². The van der Waals surface area contributed by atoms with Gasteiger partial charge in [-0.1, -0.05) is 19.1 Å². The lowest BCUT2D eigenvalue weighted by molar-refractivity contribution is -0.139. The van der Waals surface area contributed by atoms with Crippen molar-refractivity contribution in [3.8, 4) is 5.75 Å². The SMILES string of the molecule is CCCN(CCN(CCN(CCNCC(=O)O)CC(=O)O)Cc1ccc(C)cc1O)CC(=O)O. The number of nitrogens with one attached hydrogen (secondary N) is 1. The van der Waals surface area contributed by atoms with Gasteiger partial charge in [0.15, 0.2) is 0 Å². The Bertz CT molecular complexity index is 791. The molecular formula is C23H38N4O7. The van der Waals surface area contributed by atoms with Crippen LogP contribution in [0.15, 0.2) is 18.2 Å². The normalized spacial score (nSPS) is 11.4. The Morgan fingerprint density at radius 2 is 1.38 bits per heavy atom. The van der Waals surface area contributed by atoms with E-state index in [0.717, 1.165) is 17.5 Å². The van der Waals surface area contributed by atoms with Crippen molar-refractivity contribution >= 4 is 17.9 Å². The summed E-state index contributed by atoms with van der Waals surface area (Å²) in [6.45, 7) is 7.18. The maximum Gasteiger partial charge on any atom is 0.317 e. The zero-order valence-corrected chi connectivity index (χ0v) is 20.1. The highest BCUT2D eigenvalue weighted by atomic mass is 16.4. The quantitative estimate of drug-likeness (QED) is 0.174. The van der Waals surface area contributed by atoms with Crippen LogP contribution in [0.3, 0.4) is 0 Å². The smallest absolute Gasteiger partial charge is 0.317 e. The number of phenolic OH excluding ortho intramolecular Hbond substituents is 1. The van der Waals surface area contributed by atoms with E-state index < -0.39 is 17.9 Å². The zero-order chi connectivity index (χ0) is 25.5. The highest BCUT2D eigenvalue weighted by Gasteiger charge is 2.16. The Morgan fingerprint density at radius 1 is 0.824 bits per heavy atom. The molecule has 0 spiro atoms. The fourth-order valence-electron chi connectivity index (χ4n) is 3.56. The van der Waals surface area contributed by atoms with Gasteiger partial charge >= 0.3 is 17.9 Å². The molecule has 0 aromatic heterocycles. The summed E-state index contributed by atoms with van der Waals surface area (Å²) in [5.74, 6) is -2.66. The van der Waals surface area contributed by atoms with Crippen LogP contribution < -0.4 is 5.32 Å². The maximum absolute atomic E-state index is 11.3. The molecule has 0 fully saturated rings. The lowest BCUT2D eigenvalue weighted by Gasteiger charge is -2.29. The van der Waals surface area contributed by atoms with Gasteiger partial charge in [-0.15, -0.1) is 0 Å². The number of hydrogen-bond acceptors (Lipinski definition) is 8. The third kappa shape index (κ3) is 13.1. The predicted molar refractivity (Wildman–Crippen MR) is 127 cm³/mol. The molecule has 0 aliphatic heterocycles. The van der Waals surface area contributed by atoms with Crippen LogP contribution in [0.4, 0.5) is 0 Å². The summed E-state index contributed by atoms with van der Waals surface area (Å²) in [6, 6.07) is 5.45. The highest BCUT2D eigenvalue weighted by Crippen LogP contribution is 2.20. The molecule has 0 saturated heterocycles. The van der Waals surface area contributed by atoms with Crippen LogP contribution in [-0.4, -0.2) is 118 Å². The van der Waals surface area contributed by atoms with Crippen LogP contribution in [0.25, 0.3) is 0 Å². The summed E-state index contributed by atoms with van der Waals surface area (Å²) in [5, 5.41) is 40.3. The second kappa shape index (κ2) is 16.0. The van der Waals surface area contributed by atoms with Crippen LogP contribution in [0.2, 0.25) is 0 Å². The van der Waals surface area contributed by atoms with Gasteiger partial charge in [-0.2, -0.15) is 0 Å². The van der Waals surface area contributed by atoms with E-state index in [2.05, 4.69) is 10.2 Å². The summed E-state index contributed by atoms with van der Waals surface area (Å²) >= 11 is 0. The van der Waals surface area contributed by atoms with Crippen molar-refractivity contribution < 1.29 is 34.8 Å². The average Bonchev–Trinajstić information content (AvgIpc) is 2.73. The van der Waals surface area contributed by atoms with Crippen molar-refractivity contribution in [2.75, 3.05) is 65.4 Å². The minimum absolute atomic E-state index is 0.0577. The molecule has 0 atom stereocenters. The first-order valence-corrected chi connectivity index (χ1v) is 11.4. The fraction of sp³-hybridized carbons (Fsp3) is 0.609. The number of aromatic hydroxyl groups is 1. The van der Waals surface area contributed by atoms with Gasteiger partial charge in [-0.25, -0.2) is 0 Å². The number of hydrogen-bond donors (Lipinski definition) is 5. The summed E-state index contributed by atoms with van der Waals surface area (Å²) in [6.07, 6.45) is 0.821.